The van der Waals surface area contributed by atoms with Crippen LogP contribution in [0.5, 0.6) is 0 Å². The standard InChI is InChI=1S/C13H19ClN4/c1-9-2-3-11(14)6-12(9)18-5-4-10(8-18)7-17-13(15)16/h2-3,6,10H,4-5,7-8H2,1H3,(H4,15,16,17). The number of aryl methyl sites for hydroxylation is 1. The molecule has 0 saturated carbocycles. The lowest BCUT2D eigenvalue weighted by molar-refractivity contribution is 0.603. The summed E-state index contributed by atoms with van der Waals surface area (Å²) in [6.07, 6.45) is 1.11. The van der Waals surface area contributed by atoms with Gasteiger partial charge in [0.2, 0.25) is 0 Å². The van der Waals surface area contributed by atoms with E-state index in [1.807, 2.05) is 12.1 Å². The average molecular weight is 267 g/mol. The Morgan fingerprint density at radius 2 is 2.28 bits per heavy atom. The molecule has 1 heterocycles. The summed E-state index contributed by atoms with van der Waals surface area (Å²) in [5, 5.41) is 0.781. The first-order valence-electron chi connectivity index (χ1n) is 6.13. The number of hydrogen-bond acceptors (Lipinski definition) is 2. The van der Waals surface area contributed by atoms with Crippen molar-refractivity contribution in [2.75, 3.05) is 24.5 Å². The summed E-state index contributed by atoms with van der Waals surface area (Å²) in [5.74, 6) is 0.692. The highest BCUT2D eigenvalue weighted by Gasteiger charge is 2.23. The van der Waals surface area contributed by atoms with Gasteiger partial charge in [0.15, 0.2) is 5.96 Å². The maximum atomic E-state index is 6.05. The van der Waals surface area contributed by atoms with Crippen molar-refractivity contribution >= 4 is 23.2 Å². The van der Waals surface area contributed by atoms with Crippen LogP contribution in [0, 0.1) is 12.8 Å². The predicted molar refractivity (Wildman–Crippen MR) is 77.2 cm³/mol. The Labute approximate surface area is 113 Å². The second-order valence-electron chi connectivity index (χ2n) is 4.80. The van der Waals surface area contributed by atoms with Crippen LogP contribution in [0.25, 0.3) is 0 Å². The molecule has 1 aliphatic rings. The maximum absolute atomic E-state index is 6.05. The summed E-state index contributed by atoms with van der Waals surface area (Å²) in [6.45, 7) is 4.83. The van der Waals surface area contributed by atoms with Gasteiger partial charge in [-0.1, -0.05) is 17.7 Å². The molecule has 4 nitrogen and oxygen atoms in total. The monoisotopic (exact) mass is 266 g/mol. The fourth-order valence-electron chi connectivity index (χ4n) is 2.36. The van der Waals surface area contributed by atoms with E-state index in [0.29, 0.717) is 12.5 Å². The normalized spacial score (nSPS) is 19.0. The minimum Gasteiger partial charge on any atom is -0.371 e. The van der Waals surface area contributed by atoms with Crippen LogP contribution in [0.4, 0.5) is 5.69 Å². The molecule has 1 fully saturated rings. The lowest BCUT2D eigenvalue weighted by Gasteiger charge is -2.21. The second-order valence-corrected chi connectivity index (χ2v) is 5.23. The zero-order valence-corrected chi connectivity index (χ0v) is 11.3. The minimum absolute atomic E-state index is 0.174. The van der Waals surface area contributed by atoms with Crippen LogP contribution in [0.15, 0.2) is 23.2 Å². The summed E-state index contributed by atoms with van der Waals surface area (Å²) in [5.41, 5.74) is 13.2. The molecule has 5 heteroatoms. The van der Waals surface area contributed by atoms with Gasteiger partial charge in [-0.25, -0.2) is 0 Å². The SMILES string of the molecule is Cc1ccc(Cl)cc1N1CCC(CN=C(N)N)C1. The Morgan fingerprint density at radius 1 is 1.50 bits per heavy atom. The molecule has 1 atom stereocenters. The van der Waals surface area contributed by atoms with Crippen LogP contribution in [0.2, 0.25) is 5.02 Å². The highest BCUT2D eigenvalue weighted by atomic mass is 35.5. The third kappa shape index (κ3) is 3.07. The third-order valence-corrected chi connectivity index (χ3v) is 3.56. The Balaban J connectivity index is 2.04. The van der Waals surface area contributed by atoms with Gasteiger partial charge in [0, 0.05) is 30.3 Å². The van der Waals surface area contributed by atoms with E-state index in [0.717, 1.165) is 24.5 Å². The van der Waals surface area contributed by atoms with Crippen molar-refractivity contribution in [2.45, 2.75) is 13.3 Å². The Kier molecular flexibility index (Phi) is 3.97. The van der Waals surface area contributed by atoms with E-state index in [2.05, 4.69) is 22.9 Å². The van der Waals surface area contributed by atoms with Gasteiger partial charge in [0.05, 0.1) is 0 Å². The quantitative estimate of drug-likeness (QED) is 0.647. The molecule has 0 amide bonds. The van der Waals surface area contributed by atoms with Crippen molar-refractivity contribution < 1.29 is 0 Å². The number of nitrogens with two attached hydrogens (primary N) is 2. The van der Waals surface area contributed by atoms with E-state index in [1.54, 1.807) is 0 Å². The summed E-state index contributed by atoms with van der Waals surface area (Å²) in [6, 6.07) is 6.01. The molecule has 4 N–H and O–H groups in total. The van der Waals surface area contributed by atoms with Gasteiger partial charge in [0.25, 0.3) is 0 Å². The van der Waals surface area contributed by atoms with Crippen LogP contribution < -0.4 is 16.4 Å². The third-order valence-electron chi connectivity index (χ3n) is 3.33. The molecule has 1 unspecified atom stereocenters. The van der Waals surface area contributed by atoms with Crippen molar-refractivity contribution in [3.05, 3.63) is 28.8 Å². The van der Waals surface area contributed by atoms with Gasteiger partial charge in [0.1, 0.15) is 0 Å². The molecule has 0 aliphatic carbocycles. The first kappa shape index (κ1) is 13.0. The first-order chi connectivity index (χ1) is 8.56. The lowest BCUT2D eigenvalue weighted by Crippen LogP contribution is -2.25. The molecular weight excluding hydrogens is 248 g/mol. The van der Waals surface area contributed by atoms with Crippen LogP contribution in [-0.2, 0) is 0 Å². The number of aliphatic imine (C=N–C) groups is 1. The first-order valence-corrected chi connectivity index (χ1v) is 6.50. The van der Waals surface area contributed by atoms with Crippen LogP contribution in [0.3, 0.4) is 0 Å². The number of anilines is 1. The van der Waals surface area contributed by atoms with Gasteiger partial charge < -0.3 is 16.4 Å². The number of hydrogen-bond donors (Lipinski definition) is 2. The number of benzene rings is 1. The molecule has 0 bridgehead atoms. The molecule has 1 aromatic rings. The van der Waals surface area contributed by atoms with Crippen molar-refractivity contribution in [1.82, 2.24) is 0 Å². The van der Waals surface area contributed by atoms with E-state index >= 15 is 0 Å². The molecule has 1 saturated heterocycles. The number of rotatable bonds is 3. The minimum atomic E-state index is 0.174. The molecule has 0 radical (unpaired) electrons. The predicted octanol–water partition coefficient (Wildman–Crippen LogP) is 1.75. The van der Waals surface area contributed by atoms with Gasteiger partial charge >= 0.3 is 0 Å². The highest BCUT2D eigenvalue weighted by Crippen LogP contribution is 2.29. The zero-order valence-electron chi connectivity index (χ0n) is 10.6. The van der Waals surface area contributed by atoms with E-state index < -0.39 is 0 Å². The average Bonchev–Trinajstić information content (AvgIpc) is 2.78. The van der Waals surface area contributed by atoms with Crippen molar-refractivity contribution in [3.8, 4) is 0 Å². The lowest BCUT2D eigenvalue weighted by atomic mass is 10.1. The maximum Gasteiger partial charge on any atom is 0.185 e. The second kappa shape index (κ2) is 5.48. The summed E-state index contributed by atoms with van der Waals surface area (Å²) < 4.78 is 0. The van der Waals surface area contributed by atoms with Crippen molar-refractivity contribution in [2.24, 2.45) is 22.4 Å². The molecular formula is C13H19ClN4. The van der Waals surface area contributed by atoms with Crippen LogP contribution >= 0.6 is 11.6 Å². The molecule has 1 aromatic carbocycles. The molecule has 18 heavy (non-hydrogen) atoms. The summed E-state index contributed by atoms with van der Waals surface area (Å²) >= 11 is 6.05. The Morgan fingerprint density at radius 3 is 3.00 bits per heavy atom. The fourth-order valence-corrected chi connectivity index (χ4v) is 2.52. The summed E-state index contributed by atoms with van der Waals surface area (Å²) in [4.78, 5) is 6.45. The zero-order chi connectivity index (χ0) is 13.1. The number of nitrogens with zero attached hydrogens (tertiary/aromatic N) is 2. The molecule has 0 spiro atoms. The van der Waals surface area contributed by atoms with E-state index in [-0.39, 0.29) is 5.96 Å². The van der Waals surface area contributed by atoms with E-state index in [9.17, 15) is 0 Å². The number of guanidine groups is 1. The molecule has 98 valence electrons. The largest absolute Gasteiger partial charge is 0.371 e. The highest BCUT2D eigenvalue weighted by molar-refractivity contribution is 6.30. The molecule has 0 aromatic heterocycles. The Hall–Kier alpha value is -1.42. The fraction of sp³-hybridized carbons (Fsp3) is 0.462. The van der Waals surface area contributed by atoms with Gasteiger partial charge in [-0.2, -0.15) is 0 Å². The van der Waals surface area contributed by atoms with Gasteiger partial charge in [-0.15, -0.1) is 0 Å². The van der Waals surface area contributed by atoms with Crippen molar-refractivity contribution in [1.29, 1.82) is 0 Å². The van der Waals surface area contributed by atoms with Gasteiger partial charge in [-0.05, 0) is 37.0 Å². The van der Waals surface area contributed by atoms with Gasteiger partial charge in [-0.3, -0.25) is 4.99 Å². The smallest absolute Gasteiger partial charge is 0.185 e. The van der Waals surface area contributed by atoms with Crippen molar-refractivity contribution in [3.63, 3.8) is 0 Å². The number of halogens is 1. The van der Waals surface area contributed by atoms with Crippen LogP contribution in [-0.4, -0.2) is 25.6 Å². The Bertz CT molecular complexity index is 454. The van der Waals surface area contributed by atoms with E-state index in [1.165, 1.54) is 11.3 Å². The topological polar surface area (TPSA) is 67.6 Å². The van der Waals surface area contributed by atoms with E-state index in [4.69, 9.17) is 23.1 Å². The molecule has 2 rings (SSSR count). The summed E-state index contributed by atoms with van der Waals surface area (Å²) in [7, 11) is 0. The molecule has 1 aliphatic heterocycles. The van der Waals surface area contributed by atoms with Crippen LogP contribution in [0.1, 0.15) is 12.0 Å².